The van der Waals surface area contributed by atoms with Gasteiger partial charge in [0.1, 0.15) is 0 Å². The monoisotopic (exact) mass is 249 g/mol. The Morgan fingerprint density at radius 1 is 1.00 bits per heavy atom. The summed E-state index contributed by atoms with van der Waals surface area (Å²) in [6.45, 7) is 9.56. The van der Waals surface area contributed by atoms with Crippen LogP contribution in [-0.2, 0) is 13.3 Å². The molecule has 0 amide bonds. The summed E-state index contributed by atoms with van der Waals surface area (Å²) in [4.78, 5) is 0. The summed E-state index contributed by atoms with van der Waals surface area (Å²) in [6, 6.07) is 0.778. The van der Waals surface area contributed by atoms with Crippen LogP contribution in [0.25, 0.3) is 0 Å². The maximum absolute atomic E-state index is 5.83. The van der Waals surface area contributed by atoms with Gasteiger partial charge in [0.2, 0.25) is 0 Å². The summed E-state index contributed by atoms with van der Waals surface area (Å²) in [5, 5.41) is 0. The molecule has 1 unspecified atom stereocenters. The SMILES string of the molecule is CCCO[Si](CC)(OCCC)OC(N)CC. The fourth-order valence-corrected chi connectivity index (χ4v) is 3.68. The normalized spacial score (nSPS) is 14.1. The average Bonchev–Trinajstić information content (AvgIpc) is 2.32. The lowest BCUT2D eigenvalue weighted by molar-refractivity contribution is 0.0282. The van der Waals surface area contributed by atoms with Crippen molar-refractivity contribution in [2.24, 2.45) is 5.73 Å². The van der Waals surface area contributed by atoms with Crippen molar-refractivity contribution in [3.8, 4) is 0 Å². The zero-order valence-electron chi connectivity index (χ0n) is 11.1. The van der Waals surface area contributed by atoms with Crippen molar-refractivity contribution in [3.63, 3.8) is 0 Å². The second-order valence-electron chi connectivity index (χ2n) is 3.80. The molecule has 16 heavy (non-hydrogen) atoms. The van der Waals surface area contributed by atoms with E-state index >= 15 is 0 Å². The lowest BCUT2D eigenvalue weighted by atomic mass is 10.5. The maximum Gasteiger partial charge on any atom is 0.501 e. The summed E-state index contributed by atoms with van der Waals surface area (Å²) >= 11 is 0. The van der Waals surface area contributed by atoms with Crippen LogP contribution in [0, 0.1) is 0 Å². The van der Waals surface area contributed by atoms with Crippen molar-refractivity contribution in [3.05, 3.63) is 0 Å². The third-order valence-electron chi connectivity index (χ3n) is 2.22. The second-order valence-corrected chi connectivity index (χ2v) is 6.68. The number of nitrogens with two attached hydrogens (primary N) is 1. The highest BCUT2D eigenvalue weighted by Gasteiger charge is 2.40. The van der Waals surface area contributed by atoms with Crippen molar-refractivity contribution in [2.75, 3.05) is 13.2 Å². The lowest BCUT2D eigenvalue weighted by Gasteiger charge is -2.31. The Hall–Kier alpha value is 0.0569. The number of rotatable bonds is 10. The summed E-state index contributed by atoms with van der Waals surface area (Å²) in [6.07, 6.45) is 2.43. The molecule has 0 heterocycles. The Morgan fingerprint density at radius 3 is 1.81 bits per heavy atom. The van der Waals surface area contributed by atoms with E-state index in [4.69, 9.17) is 19.0 Å². The molecule has 0 saturated carbocycles. The molecule has 2 N–H and O–H groups in total. The Labute approximate surface area is 101 Å². The Morgan fingerprint density at radius 2 is 1.50 bits per heavy atom. The van der Waals surface area contributed by atoms with E-state index < -0.39 is 8.80 Å². The van der Waals surface area contributed by atoms with Crippen molar-refractivity contribution < 1.29 is 13.3 Å². The summed E-state index contributed by atoms with van der Waals surface area (Å²) in [5.41, 5.74) is 5.83. The molecule has 98 valence electrons. The summed E-state index contributed by atoms with van der Waals surface area (Å²) in [7, 11) is -2.52. The Balaban J connectivity index is 4.39. The Bertz CT molecular complexity index is 161. The fourth-order valence-electron chi connectivity index (χ4n) is 1.23. The van der Waals surface area contributed by atoms with E-state index in [0.29, 0.717) is 13.2 Å². The summed E-state index contributed by atoms with van der Waals surface area (Å²) < 4.78 is 17.4. The van der Waals surface area contributed by atoms with Crippen LogP contribution >= 0.6 is 0 Å². The molecular weight excluding hydrogens is 222 g/mol. The highest BCUT2D eigenvalue weighted by molar-refractivity contribution is 6.60. The fraction of sp³-hybridized carbons (Fsp3) is 1.00. The van der Waals surface area contributed by atoms with Crippen LogP contribution in [0.1, 0.15) is 47.0 Å². The molecule has 0 aliphatic rings. The van der Waals surface area contributed by atoms with Gasteiger partial charge in [-0.25, -0.2) is 0 Å². The maximum atomic E-state index is 5.83. The molecule has 5 heteroatoms. The zero-order valence-corrected chi connectivity index (χ0v) is 12.1. The first kappa shape index (κ1) is 16.1. The van der Waals surface area contributed by atoms with E-state index in [1.54, 1.807) is 0 Å². The first-order valence-electron chi connectivity index (χ1n) is 6.35. The second kappa shape index (κ2) is 9.12. The van der Waals surface area contributed by atoms with E-state index in [2.05, 4.69) is 13.8 Å². The zero-order chi connectivity index (χ0) is 12.4. The van der Waals surface area contributed by atoms with E-state index in [1.165, 1.54) is 0 Å². The van der Waals surface area contributed by atoms with Crippen LogP contribution in [0.3, 0.4) is 0 Å². The van der Waals surface area contributed by atoms with Gasteiger partial charge < -0.3 is 19.0 Å². The van der Waals surface area contributed by atoms with Gasteiger partial charge in [-0.1, -0.05) is 27.7 Å². The first-order chi connectivity index (χ1) is 7.64. The van der Waals surface area contributed by atoms with Gasteiger partial charge in [-0.3, -0.25) is 0 Å². The van der Waals surface area contributed by atoms with Crippen LogP contribution in [0.2, 0.25) is 6.04 Å². The highest BCUT2D eigenvalue weighted by Crippen LogP contribution is 2.18. The number of hydrogen-bond donors (Lipinski definition) is 1. The van der Waals surface area contributed by atoms with Gasteiger partial charge in [-0.05, 0) is 19.3 Å². The molecule has 0 rings (SSSR count). The smallest absolute Gasteiger partial charge is 0.373 e. The molecule has 0 radical (unpaired) electrons. The quantitative estimate of drug-likeness (QED) is 0.477. The third kappa shape index (κ3) is 5.96. The van der Waals surface area contributed by atoms with Crippen LogP contribution in [-0.4, -0.2) is 28.2 Å². The largest absolute Gasteiger partial charge is 0.501 e. The Kier molecular flexibility index (Phi) is 9.16. The lowest BCUT2D eigenvalue weighted by Crippen LogP contribution is -2.50. The van der Waals surface area contributed by atoms with Gasteiger partial charge in [0.05, 0.1) is 6.23 Å². The van der Waals surface area contributed by atoms with Gasteiger partial charge in [-0.2, -0.15) is 0 Å². The topological polar surface area (TPSA) is 53.7 Å². The average molecular weight is 249 g/mol. The number of hydrogen-bond acceptors (Lipinski definition) is 4. The van der Waals surface area contributed by atoms with Crippen LogP contribution in [0.4, 0.5) is 0 Å². The molecule has 4 nitrogen and oxygen atoms in total. The molecule has 0 bridgehead atoms. The molecule has 0 aromatic carbocycles. The predicted octanol–water partition coefficient (Wildman–Crippen LogP) is 2.51. The molecule has 0 aromatic rings. The van der Waals surface area contributed by atoms with Gasteiger partial charge in [0.25, 0.3) is 0 Å². The van der Waals surface area contributed by atoms with Crippen molar-refractivity contribution in [1.82, 2.24) is 0 Å². The molecular formula is C11H27NO3Si. The van der Waals surface area contributed by atoms with Crippen LogP contribution in [0.15, 0.2) is 0 Å². The van der Waals surface area contributed by atoms with E-state index in [9.17, 15) is 0 Å². The minimum absolute atomic E-state index is 0.277. The van der Waals surface area contributed by atoms with Gasteiger partial charge in [0, 0.05) is 19.3 Å². The minimum Gasteiger partial charge on any atom is -0.373 e. The molecule has 0 aliphatic heterocycles. The molecule has 0 saturated heterocycles. The van der Waals surface area contributed by atoms with Crippen molar-refractivity contribution >= 4 is 8.80 Å². The van der Waals surface area contributed by atoms with Gasteiger partial charge in [-0.15, -0.1) is 0 Å². The van der Waals surface area contributed by atoms with E-state index in [-0.39, 0.29) is 6.23 Å². The first-order valence-corrected chi connectivity index (χ1v) is 8.28. The predicted molar refractivity (Wildman–Crippen MR) is 68.1 cm³/mol. The minimum atomic E-state index is -2.52. The molecule has 1 atom stereocenters. The van der Waals surface area contributed by atoms with E-state index in [0.717, 1.165) is 25.3 Å². The van der Waals surface area contributed by atoms with Crippen LogP contribution in [0.5, 0.6) is 0 Å². The van der Waals surface area contributed by atoms with Gasteiger partial charge >= 0.3 is 8.80 Å². The standard InChI is InChI=1S/C11H27NO3Si/c1-5-9-13-16(8-4,14-10-6-2)15-11(12)7-3/h11H,5-10,12H2,1-4H3. The van der Waals surface area contributed by atoms with E-state index in [1.807, 2.05) is 13.8 Å². The van der Waals surface area contributed by atoms with Crippen molar-refractivity contribution in [2.45, 2.75) is 59.2 Å². The molecule has 0 spiro atoms. The van der Waals surface area contributed by atoms with Crippen LogP contribution < -0.4 is 5.73 Å². The molecule has 0 aromatic heterocycles. The molecule has 0 fully saturated rings. The van der Waals surface area contributed by atoms with Crippen molar-refractivity contribution in [1.29, 1.82) is 0 Å². The molecule has 0 aliphatic carbocycles. The highest BCUT2D eigenvalue weighted by atomic mass is 28.4. The van der Waals surface area contributed by atoms with Gasteiger partial charge in [0.15, 0.2) is 0 Å². The third-order valence-corrected chi connectivity index (χ3v) is 5.03. The summed E-state index contributed by atoms with van der Waals surface area (Å²) in [5.74, 6) is 0.